The van der Waals surface area contributed by atoms with Crippen molar-refractivity contribution in [3.05, 3.63) is 45.1 Å². The lowest BCUT2D eigenvalue weighted by atomic mass is 9.42. The molecule has 7 aliphatic carbocycles. The van der Waals surface area contributed by atoms with Crippen molar-refractivity contribution in [1.29, 1.82) is 0 Å². The Kier molecular flexibility index (Phi) is 6.61. The van der Waals surface area contributed by atoms with E-state index in [4.69, 9.17) is 28.4 Å². The molecule has 0 aromatic heterocycles. The first-order chi connectivity index (χ1) is 25.4. The zero-order valence-electron chi connectivity index (χ0n) is 30.8. The van der Waals surface area contributed by atoms with Crippen molar-refractivity contribution in [2.45, 2.75) is 94.9 Å². The Balaban J connectivity index is 1.22. The van der Waals surface area contributed by atoms with Crippen LogP contribution >= 0.6 is 0 Å². The van der Waals surface area contributed by atoms with Gasteiger partial charge in [-0.05, 0) is 85.3 Å². The standard InChI is InChI=1S/C40H44O14/c1-16-8-28(43)52-15-38(48)23-9-20(23)35(3)24(38)11-19-18(14-51-27(42)7-6-26(41)50-13-16)33(45)53-39(19)25(35)12-37(47)22-10-21(22)36(4)31(37)30(39)29-17(2)32(44)54-40(29,49-5)34(36)46/h8,20-25,34,46-48H,6-7,9-15H2,1-5H3. The number of carbonyl (C=O) groups excluding carboxylic acids is 5. The molecule has 2 bridgehead atoms. The molecule has 5 saturated carbocycles. The molecular formula is C40H44O14. The normalized spacial score (nSPS) is 50.0. The molecule has 288 valence electrons. The second-order valence-corrected chi connectivity index (χ2v) is 17.9. The van der Waals surface area contributed by atoms with E-state index in [-0.39, 0.29) is 79.3 Å². The van der Waals surface area contributed by atoms with Gasteiger partial charge in [0, 0.05) is 47.2 Å². The Morgan fingerprint density at radius 2 is 1.50 bits per heavy atom. The minimum atomic E-state index is -1.97. The Bertz CT molecular complexity index is 2040. The number of carbonyl (C=O) groups is 5. The van der Waals surface area contributed by atoms with Gasteiger partial charge in [0.25, 0.3) is 5.79 Å². The summed E-state index contributed by atoms with van der Waals surface area (Å²) in [5.74, 6) is -7.68. The molecular weight excluding hydrogens is 704 g/mol. The number of cyclic esters (lactones) is 3. The third-order valence-electron chi connectivity index (χ3n) is 15.8. The molecule has 0 saturated heterocycles. The Labute approximate surface area is 310 Å². The van der Waals surface area contributed by atoms with Gasteiger partial charge in [-0.15, -0.1) is 0 Å². The van der Waals surface area contributed by atoms with E-state index in [1.54, 1.807) is 13.8 Å². The molecule has 14 nitrogen and oxygen atoms in total. The number of hydrogen-bond donors (Lipinski definition) is 3. The van der Waals surface area contributed by atoms with E-state index >= 15 is 0 Å². The van der Waals surface area contributed by atoms with Crippen molar-refractivity contribution >= 4 is 29.8 Å². The summed E-state index contributed by atoms with van der Waals surface area (Å²) in [5, 5.41) is 38.3. The average Bonchev–Trinajstić information content (AvgIpc) is 4.04. The summed E-state index contributed by atoms with van der Waals surface area (Å²) in [6.45, 7) is 6.06. The van der Waals surface area contributed by atoms with E-state index in [1.165, 1.54) is 13.2 Å². The first-order valence-electron chi connectivity index (χ1n) is 18.9. The maximum absolute atomic E-state index is 14.5. The highest BCUT2D eigenvalue weighted by molar-refractivity contribution is 5.98. The highest BCUT2D eigenvalue weighted by Crippen LogP contribution is 2.85. The summed E-state index contributed by atoms with van der Waals surface area (Å²) in [5.41, 5.74) is -4.41. The van der Waals surface area contributed by atoms with E-state index in [9.17, 15) is 39.3 Å². The highest BCUT2D eigenvalue weighted by atomic mass is 16.7. The van der Waals surface area contributed by atoms with E-state index < -0.39 is 87.8 Å². The molecule has 10 aliphatic rings. The lowest BCUT2D eigenvalue weighted by Gasteiger charge is -2.64. The number of hydrogen-bond acceptors (Lipinski definition) is 14. The number of fused-ring (bicyclic) bond motifs is 9. The second-order valence-electron chi connectivity index (χ2n) is 17.9. The van der Waals surface area contributed by atoms with Gasteiger partial charge in [-0.25, -0.2) is 14.4 Å². The summed E-state index contributed by atoms with van der Waals surface area (Å²) in [6, 6.07) is 0. The summed E-state index contributed by atoms with van der Waals surface area (Å²) >= 11 is 0. The molecule has 3 heterocycles. The molecule has 1 spiro atoms. The van der Waals surface area contributed by atoms with Crippen LogP contribution in [0.2, 0.25) is 0 Å². The van der Waals surface area contributed by atoms with Gasteiger partial charge in [0.2, 0.25) is 0 Å². The van der Waals surface area contributed by atoms with Gasteiger partial charge in [0.05, 0.1) is 24.0 Å². The van der Waals surface area contributed by atoms with Crippen molar-refractivity contribution in [3.63, 3.8) is 0 Å². The molecule has 0 aromatic rings. The number of aliphatic hydroxyl groups excluding tert-OH is 1. The van der Waals surface area contributed by atoms with Crippen LogP contribution in [0.1, 0.15) is 66.2 Å². The van der Waals surface area contributed by atoms with Gasteiger partial charge in [-0.3, -0.25) is 9.59 Å². The highest BCUT2D eigenvalue weighted by Gasteiger charge is 2.87. The van der Waals surface area contributed by atoms with Crippen LogP contribution in [-0.4, -0.2) is 101 Å². The molecule has 0 radical (unpaired) electrons. The zero-order valence-corrected chi connectivity index (χ0v) is 30.8. The van der Waals surface area contributed by atoms with Crippen LogP contribution in [0.3, 0.4) is 0 Å². The van der Waals surface area contributed by atoms with Crippen molar-refractivity contribution < 1.29 is 67.7 Å². The van der Waals surface area contributed by atoms with Crippen LogP contribution in [0, 0.1) is 46.3 Å². The van der Waals surface area contributed by atoms with E-state index in [0.29, 0.717) is 35.1 Å². The van der Waals surface area contributed by atoms with Gasteiger partial charge >= 0.3 is 29.8 Å². The van der Waals surface area contributed by atoms with Crippen LogP contribution in [-0.2, 0) is 52.4 Å². The number of aliphatic hydroxyl groups is 3. The molecule has 54 heavy (non-hydrogen) atoms. The largest absolute Gasteiger partial charge is 0.461 e. The van der Waals surface area contributed by atoms with E-state index in [1.807, 2.05) is 6.92 Å². The van der Waals surface area contributed by atoms with Crippen molar-refractivity contribution in [2.75, 3.05) is 26.9 Å². The lowest BCUT2D eigenvalue weighted by molar-refractivity contribution is -0.256. The quantitative estimate of drug-likeness (QED) is 0.258. The zero-order chi connectivity index (χ0) is 38.3. The topological polar surface area (TPSA) is 201 Å². The van der Waals surface area contributed by atoms with E-state index in [0.717, 1.165) is 0 Å². The summed E-state index contributed by atoms with van der Waals surface area (Å²) in [6.07, 6.45) is 0.616. The lowest BCUT2D eigenvalue weighted by Crippen LogP contribution is -2.69. The summed E-state index contributed by atoms with van der Waals surface area (Å²) in [4.78, 5) is 66.7. The number of ether oxygens (including phenoxy) is 6. The molecule has 5 fully saturated rings. The van der Waals surface area contributed by atoms with E-state index in [2.05, 4.69) is 6.92 Å². The molecule has 3 aliphatic heterocycles. The van der Waals surface area contributed by atoms with Crippen LogP contribution in [0.25, 0.3) is 0 Å². The first kappa shape index (κ1) is 34.6. The molecule has 0 aromatic carbocycles. The third-order valence-corrected chi connectivity index (χ3v) is 15.8. The van der Waals surface area contributed by atoms with Crippen LogP contribution < -0.4 is 0 Å². The van der Waals surface area contributed by atoms with Crippen LogP contribution in [0.5, 0.6) is 0 Å². The minimum Gasteiger partial charge on any atom is -0.461 e. The van der Waals surface area contributed by atoms with Gasteiger partial charge < -0.3 is 43.7 Å². The molecule has 13 atom stereocenters. The third kappa shape index (κ3) is 3.74. The summed E-state index contributed by atoms with van der Waals surface area (Å²) < 4.78 is 35.4. The van der Waals surface area contributed by atoms with Gasteiger partial charge in [-0.2, -0.15) is 0 Å². The minimum absolute atomic E-state index is 0.0543. The maximum Gasteiger partial charge on any atom is 0.338 e. The van der Waals surface area contributed by atoms with Gasteiger partial charge in [0.1, 0.15) is 31.5 Å². The van der Waals surface area contributed by atoms with Crippen LogP contribution in [0.4, 0.5) is 0 Å². The average molecular weight is 749 g/mol. The fraction of sp³-hybridized carbons (Fsp3) is 0.675. The van der Waals surface area contributed by atoms with Gasteiger partial charge in [0.15, 0.2) is 5.60 Å². The van der Waals surface area contributed by atoms with Crippen molar-refractivity contribution in [1.82, 2.24) is 0 Å². The van der Waals surface area contributed by atoms with Crippen molar-refractivity contribution in [3.8, 4) is 0 Å². The predicted octanol–water partition coefficient (Wildman–Crippen LogP) is 1.65. The molecule has 3 N–H and O–H groups in total. The van der Waals surface area contributed by atoms with Crippen LogP contribution in [0.15, 0.2) is 45.1 Å². The number of esters is 5. The fourth-order valence-corrected chi connectivity index (χ4v) is 13.4. The fourth-order valence-electron chi connectivity index (χ4n) is 13.4. The molecule has 13 unspecified atom stereocenters. The second kappa shape index (κ2) is 10.3. The molecule has 14 heteroatoms. The number of methoxy groups -OCH3 is 1. The van der Waals surface area contributed by atoms with Gasteiger partial charge in [-0.1, -0.05) is 13.8 Å². The monoisotopic (exact) mass is 748 g/mol. The number of rotatable bonds is 1. The first-order valence-corrected chi connectivity index (χ1v) is 18.9. The summed E-state index contributed by atoms with van der Waals surface area (Å²) in [7, 11) is 1.35. The maximum atomic E-state index is 14.5. The Morgan fingerprint density at radius 1 is 0.815 bits per heavy atom. The Hall–Kier alpha value is -3.85. The smallest absolute Gasteiger partial charge is 0.338 e. The molecule has 10 rings (SSSR count). The Morgan fingerprint density at radius 3 is 2.20 bits per heavy atom. The SMILES string of the molecule is COC12OC(=O)C(C)=C1C1=C3C(O)(CC4C15OC(=O)C1=C5CC5C(O)(COC(=O)C=C(C)COC(=O)CCC(=O)OC1)C1CC1C45C)C1CC1C3(C)C2O. The molecule has 0 amide bonds. The predicted molar refractivity (Wildman–Crippen MR) is 179 cm³/mol. The van der Waals surface area contributed by atoms with Crippen molar-refractivity contribution in [2.24, 2.45) is 46.3 Å².